The number of nitrogens with one attached hydrogen (secondary N) is 1. The van der Waals surface area contributed by atoms with Gasteiger partial charge in [-0.1, -0.05) is 6.07 Å². The molecule has 0 aromatic heterocycles. The lowest BCUT2D eigenvalue weighted by Gasteiger charge is -2.22. The Balaban J connectivity index is 1.71. The molecular formula is C22H18N4O7S. The highest BCUT2D eigenvalue weighted by Crippen LogP contribution is 2.38. The molecule has 1 fully saturated rings. The maximum Gasteiger partial charge on any atom is 0.290 e. The number of hydrogen-bond donors (Lipinski definition) is 1. The number of nitro benzene ring substituents is 1. The van der Waals surface area contributed by atoms with Crippen LogP contribution in [0.5, 0.6) is 11.5 Å². The van der Waals surface area contributed by atoms with Crippen molar-refractivity contribution in [2.75, 3.05) is 14.2 Å². The lowest BCUT2D eigenvalue weighted by atomic mass is 9.98. The van der Waals surface area contributed by atoms with Crippen molar-refractivity contribution in [1.82, 2.24) is 10.3 Å². The van der Waals surface area contributed by atoms with Gasteiger partial charge < -0.3 is 9.47 Å². The molecule has 1 unspecified atom stereocenters. The van der Waals surface area contributed by atoms with E-state index in [1.807, 2.05) is 0 Å². The first-order chi connectivity index (χ1) is 16.3. The fraction of sp³-hybridized carbons (Fsp3) is 0.182. The maximum absolute atomic E-state index is 13.1. The number of rotatable bonds is 6. The number of non-ortho nitro benzene ring substituents is 1. The smallest absolute Gasteiger partial charge is 0.290 e. The van der Waals surface area contributed by atoms with Crippen molar-refractivity contribution in [3.8, 4) is 11.5 Å². The highest BCUT2D eigenvalue weighted by Gasteiger charge is 2.35. The summed E-state index contributed by atoms with van der Waals surface area (Å²) in [5, 5.41) is 18.2. The Kier molecular flexibility index (Phi) is 6.32. The summed E-state index contributed by atoms with van der Waals surface area (Å²) in [6.45, 7) is 0. The Morgan fingerprint density at radius 2 is 1.88 bits per heavy atom. The number of thioether (sulfide) groups is 1. The average molecular weight is 482 g/mol. The van der Waals surface area contributed by atoms with Gasteiger partial charge in [0.1, 0.15) is 0 Å². The fourth-order valence-corrected chi connectivity index (χ4v) is 4.23. The Morgan fingerprint density at radius 3 is 2.47 bits per heavy atom. The minimum absolute atomic E-state index is 0.0277. The van der Waals surface area contributed by atoms with Gasteiger partial charge >= 0.3 is 0 Å². The summed E-state index contributed by atoms with van der Waals surface area (Å²) in [7, 11) is 3.01. The van der Waals surface area contributed by atoms with Gasteiger partial charge in [-0.2, -0.15) is 5.10 Å². The molecule has 0 aliphatic carbocycles. The molecule has 174 valence electrons. The topological polar surface area (TPSA) is 140 Å². The van der Waals surface area contributed by atoms with Crippen molar-refractivity contribution in [3.05, 3.63) is 74.7 Å². The zero-order valence-electron chi connectivity index (χ0n) is 18.0. The van der Waals surface area contributed by atoms with E-state index in [9.17, 15) is 24.5 Å². The van der Waals surface area contributed by atoms with E-state index in [-0.39, 0.29) is 10.6 Å². The molecule has 11 nitrogen and oxygen atoms in total. The van der Waals surface area contributed by atoms with E-state index in [1.165, 1.54) is 31.4 Å². The third-order valence-electron chi connectivity index (χ3n) is 5.24. The number of methoxy groups -OCH3 is 2. The first kappa shape index (κ1) is 23.0. The molecule has 2 aromatic carbocycles. The van der Waals surface area contributed by atoms with Crippen LogP contribution in [-0.4, -0.2) is 46.9 Å². The van der Waals surface area contributed by atoms with Crippen LogP contribution in [-0.2, 0) is 9.59 Å². The van der Waals surface area contributed by atoms with Gasteiger partial charge in [0, 0.05) is 24.6 Å². The summed E-state index contributed by atoms with van der Waals surface area (Å²) in [6, 6.07) is 10.5. The molecule has 0 bridgehead atoms. The van der Waals surface area contributed by atoms with Gasteiger partial charge in [-0.05, 0) is 47.2 Å². The molecule has 1 saturated heterocycles. The van der Waals surface area contributed by atoms with Crippen molar-refractivity contribution in [3.63, 3.8) is 0 Å². The zero-order chi connectivity index (χ0) is 24.4. The van der Waals surface area contributed by atoms with Crippen molar-refractivity contribution >= 4 is 40.2 Å². The van der Waals surface area contributed by atoms with E-state index in [0.717, 1.165) is 6.08 Å². The molecule has 2 aliphatic heterocycles. The Bertz CT molecular complexity index is 1260. The van der Waals surface area contributed by atoms with Crippen LogP contribution in [0.3, 0.4) is 0 Å². The molecule has 1 N–H and O–H groups in total. The SMILES string of the molecule is COc1ccc(C2CC(c3ccc([N+](=O)[O-])cc3)=NN2C(=O)/C=C2\SC(=O)NC2=O)cc1OC. The van der Waals surface area contributed by atoms with Crippen molar-refractivity contribution in [2.45, 2.75) is 12.5 Å². The predicted octanol–water partition coefficient (Wildman–Crippen LogP) is 3.16. The number of ether oxygens (including phenoxy) is 2. The Morgan fingerprint density at radius 1 is 1.18 bits per heavy atom. The second-order valence-corrected chi connectivity index (χ2v) is 8.23. The molecule has 0 saturated carbocycles. The maximum atomic E-state index is 13.1. The minimum atomic E-state index is -0.648. The van der Waals surface area contributed by atoms with Crippen LogP contribution < -0.4 is 14.8 Å². The standard InChI is InChI=1S/C22H18N4O7S/c1-32-17-8-5-13(9-18(17)33-2)16-10-15(12-3-6-14(7-4-12)26(30)31)24-25(16)20(27)11-19-21(28)23-22(29)34-19/h3-9,11,16H,10H2,1-2H3,(H,23,28,29)/b19-11-. The molecule has 2 heterocycles. The van der Waals surface area contributed by atoms with Crippen LogP contribution in [0.15, 0.2) is 58.5 Å². The van der Waals surface area contributed by atoms with Crippen LogP contribution in [0.2, 0.25) is 0 Å². The van der Waals surface area contributed by atoms with Crippen molar-refractivity contribution < 1.29 is 28.8 Å². The van der Waals surface area contributed by atoms with E-state index < -0.39 is 28.0 Å². The average Bonchev–Trinajstić information content (AvgIpc) is 3.41. The highest BCUT2D eigenvalue weighted by molar-refractivity contribution is 8.18. The van der Waals surface area contributed by atoms with Crippen molar-refractivity contribution in [1.29, 1.82) is 0 Å². The second kappa shape index (κ2) is 9.35. The van der Waals surface area contributed by atoms with E-state index in [4.69, 9.17) is 9.47 Å². The number of nitro groups is 1. The highest BCUT2D eigenvalue weighted by atomic mass is 32.2. The molecule has 2 aromatic rings. The number of benzene rings is 2. The molecule has 2 aliphatic rings. The lowest BCUT2D eigenvalue weighted by Crippen LogP contribution is -2.26. The first-order valence-corrected chi connectivity index (χ1v) is 10.7. The Hall–Kier alpha value is -4.19. The molecule has 0 spiro atoms. The van der Waals surface area contributed by atoms with Gasteiger partial charge in [-0.25, -0.2) is 5.01 Å². The summed E-state index contributed by atoms with van der Waals surface area (Å²) >= 11 is 0.635. The first-order valence-electron chi connectivity index (χ1n) is 9.93. The molecule has 0 radical (unpaired) electrons. The summed E-state index contributed by atoms with van der Waals surface area (Å²) in [4.78, 5) is 46.9. The van der Waals surface area contributed by atoms with Crippen molar-refractivity contribution in [2.24, 2.45) is 5.10 Å². The molecule has 12 heteroatoms. The molecule has 3 amide bonds. The fourth-order valence-electron chi connectivity index (χ4n) is 3.58. The van der Waals surface area contributed by atoms with Crippen LogP contribution in [0.1, 0.15) is 23.6 Å². The van der Waals surface area contributed by atoms with Gasteiger partial charge in [-0.15, -0.1) is 0 Å². The number of amides is 3. The van der Waals surface area contributed by atoms with E-state index in [1.54, 1.807) is 30.3 Å². The van der Waals surface area contributed by atoms with E-state index in [0.29, 0.717) is 46.5 Å². The molecule has 1 atom stereocenters. The number of imide groups is 1. The third kappa shape index (κ3) is 4.48. The van der Waals surface area contributed by atoms with Gasteiger partial charge in [0.2, 0.25) is 0 Å². The number of hydrazone groups is 1. The molecule has 34 heavy (non-hydrogen) atoms. The van der Waals surface area contributed by atoms with Crippen LogP contribution in [0, 0.1) is 10.1 Å². The lowest BCUT2D eigenvalue weighted by molar-refractivity contribution is -0.384. The molecular weight excluding hydrogens is 464 g/mol. The third-order valence-corrected chi connectivity index (χ3v) is 6.05. The second-order valence-electron chi connectivity index (χ2n) is 7.22. The number of carbonyl (C=O) groups is 3. The summed E-state index contributed by atoms with van der Waals surface area (Å²) < 4.78 is 10.7. The van der Waals surface area contributed by atoms with Gasteiger partial charge in [-0.3, -0.25) is 29.8 Å². The summed E-state index contributed by atoms with van der Waals surface area (Å²) in [6.07, 6.45) is 1.38. The number of nitrogens with zero attached hydrogens (tertiary/aromatic N) is 3. The monoisotopic (exact) mass is 482 g/mol. The number of carbonyl (C=O) groups excluding carboxylic acids is 3. The van der Waals surface area contributed by atoms with Crippen LogP contribution in [0.4, 0.5) is 10.5 Å². The normalized spacial score (nSPS) is 18.6. The van der Waals surface area contributed by atoms with Gasteiger partial charge in [0.05, 0.1) is 35.8 Å². The van der Waals surface area contributed by atoms with Gasteiger partial charge in [0.15, 0.2) is 11.5 Å². The van der Waals surface area contributed by atoms with E-state index in [2.05, 4.69) is 10.4 Å². The van der Waals surface area contributed by atoms with Crippen LogP contribution >= 0.6 is 11.8 Å². The summed E-state index contributed by atoms with van der Waals surface area (Å²) in [5.41, 5.74) is 1.78. The zero-order valence-corrected chi connectivity index (χ0v) is 18.8. The van der Waals surface area contributed by atoms with Gasteiger partial charge in [0.25, 0.3) is 22.7 Å². The van der Waals surface area contributed by atoms with E-state index >= 15 is 0 Å². The largest absolute Gasteiger partial charge is 0.493 e. The number of hydrogen-bond acceptors (Lipinski definition) is 9. The Labute approximate surface area is 197 Å². The van der Waals surface area contributed by atoms with Crippen LogP contribution in [0.25, 0.3) is 0 Å². The predicted molar refractivity (Wildman–Crippen MR) is 123 cm³/mol. The molecule has 4 rings (SSSR count). The minimum Gasteiger partial charge on any atom is -0.493 e. The summed E-state index contributed by atoms with van der Waals surface area (Å²) in [5.74, 6) is -0.266. The quantitative estimate of drug-likeness (QED) is 0.376.